The number of hydrogen-bond acceptors (Lipinski definition) is 5. The Labute approximate surface area is 170 Å². The number of anilines is 1. The molecule has 0 spiro atoms. The van der Waals surface area contributed by atoms with Crippen molar-refractivity contribution in [3.63, 3.8) is 0 Å². The predicted molar refractivity (Wildman–Crippen MR) is 112 cm³/mol. The maximum Gasteiger partial charge on any atom is 0.319 e. The molecule has 0 atom stereocenters. The van der Waals surface area contributed by atoms with Gasteiger partial charge in [-0.15, -0.1) is 0 Å². The van der Waals surface area contributed by atoms with Crippen LogP contribution in [0.3, 0.4) is 0 Å². The molecule has 29 heavy (non-hydrogen) atoms. The molecule has 3 rings (SSSR count). The summed E-state index contributed by atoms with van der Waals surface area (Å²) in [5.41, 5.74) is 3.37. The first-order chi connectivity index (χ1) is 14.0. The molecular weight excluding hydrogens is 370 g/mol. The molecule has 0 fully saturated rings. The fourth-order valence-electron chi connectivity index (χ4n) is 2.86. The van der Waals surface area contributed by atoms with E-state index in [-0.39, 0.29) is 6.03 Å². The van der Waals surface area contributed by atoms with Gasteiger partial charge in [-0.3, -0.25) is 0 Å². The van der Waals surface area contributed by atoms with Crippen LogP contribution in [0, 0.1) is 13.8 Å². The van der Waals surface area contributed by atoms with Gasteiger partial charge in [-0.1, -0.05) is 12.1 Å². The Bertz CT molecular complexity index is 978. The molecule has 7 nitrogen and oxygen atoms in total. The molecule has 1 aromatic heterocycles. The minimum absolute atomic E-state index is 0.276. The minimum atomic E-state index is -0.276. The third-order valence-electron chi connectivity index (χ3n) is 4.54. The number of rotatable bonds is 7. The van der Waals surface area contributed by atoms with Crippen LogP contribution >= 0.6 is 0 Å². The van der Waals surface area contributed by atoms with Gasteiger partial charge in [-0.25, -0.2) is 9.78 Å². The molecule has 7 heteroatoms. The lowest BCUT2D eigenvalue weighted by molar-refractivity contribution is 0.252. The van der Waals surface area contributed by atoms with Gasteiger partial charge in [0, 0.05) is 17.8 Å². The zero-order valence-electron chi connectivity index (χ0n) is 17.0. The lowest BCUT2D eigenvalue weighted by Crippen LogP contribution is -2.30. The van der Waals surface area contributed by atoms with E-state index in [1.165, 1.54) is 0 Å². The van der Waals surface area contributed by atoms with Gasteiger partial charge < -0.3 is 24.5 Å². The van der Waals surface area contributed by atoms with Gasteiger partial charge in [-0.05, 0) is 56.2 Å². The Hall–Kier alpha value is -3.48. The predicted octanol–water partition coefficient (Wildman–Crippen LogP) is 4.34. The van der Waals surface area contributed by atoms with Crippen molar-refractivity contribution in [1.29, 1.82) is 0 Å². The van der Waals surface area contributed by atoms with Crippen LogP contribution in [-0.4, -0.2) is 31.8 Å². The van der Waals surface area contributed by atoms with Gasteiger partial charge in [0.25, 0.3) is 0 Å². The summed E-state index contributed by atoms with van der Waals surface area (Å²) in [6.07, 6.45) is 0.669. The van der Waals surface area contributed by atoms with Gasteiger partial charge in [0.05, 0.1) is 19.9 Å². The Kier molecular flexibility index (Phi) is 6.39. The Morgan fingerprint density at radius 2 is 1.86 bits per heavy atom. The fraction of sp³-hybridized carbons (Fsp3) is 0.273. The van der Waals surface area contributed by atoms with E-state index >= 15 is 0 Å². The van der Waals surface area contributed by atoms with Crippen molar-refractivity contribution in [3.05, 3.63) is 59.5 Å². The summed E-state index contributed by atoms with van der Waals surface area (Å²) in [6, 6.07) is 12.8. The lowest BCUT2D eigenvalue weighted by Gasteiger charge is -2.11. The van der Waals surface area contributed by atoms with Crippen molar-refractivity contribution >= 4 is 11.7 Å². The second kappa shape index (κ2) is 9.14. The number of nitrogens with zero attached hydrogens (tertiary/aromatic N) is 1. The molecule has 0 aliphatic rings. The number of carbonyl (C=O) groups is 1. The Morgan fingerprint density at radius 1 is 1.07 bits per heavy atom. The minimum Gasteiger partial charge on any atom is -0.493 e. The second-order valence-corrected chi connectivity index (χ2v) is 6.56. The smallest absolute Gasteiger partial charge is 0.319 e. The molecule has 0 aliphatic carbocycles. The summed E-state index contributed by atoms with van der Waals surface area (Å²) < 4.78 is 16.2. The lowest BCUT2D eigenvalue weighted by atomic mass is 10.1. The van der Waals surface area contributed by atoms with E-state index in [1.807, 2.05) is 56.3 Å². The standard InChI is InChI=1S/C22H25N3O4/c1-14-15(2)29-21(24-14)17-6-5-7-18(13-17)25-22(26)23-11-10-16-8-9-19(27-3)20(12-16)28-4/h5-9,12-13H,10-11H2,1-4H3,(H2,23,25,26). The van der Waals surface area contributed by atoms with Gasteiger partial charge in [0.2, 0.25) is 5.89 Å². The molecule has 3 aromatic rings. The molecule has 2 aromatic carbocycles. The third-order valence-corrected chi connectivity index (χ3v) is 4.54. The summed E-state index contributed by atoms with van der Waals surface area (Å²) in [6.45, 7) is 4.26. The largest absolute Gasteiger partial charge is 0.493 e. The van der Waals surface area contributed by atoms with Crippen molar-refractivity contribution in [3.8, 4) is 23.0 Å². The number of benzene rings is 2. The molecule has 2 amide bonds. The molecule has 0 saturated carbocycles. The van der Waals surface area contributed by atoms with Gasteiger partial charge in [0.15, 0.2) is 11.5 Å². The molecule has 0 aliphatic heterocycles. The average Bonchev–Trinajstić information content (AvgIpc) is 3.06. The van der Waals surface area contributed by atoms with Crippen molar-refractivity contribution in [2.45, 2.75) is 20.3 Å². The summed E-state index contributed by atoms with van der Waals surface area (Å²) >= 11 is 0. The molecule has 0 unspecified atom stereocenters. The highest BCUT2D eigenvalue weighted by Gasteiger charge is 2.10. The summed E-state index contributed by atoms with van der Waals surface area (Å²) in [5, 5.41) is 5.69. The highest BCUT2D eigenvalue weighted by atomic mass is 16.5. The van der Waals surface area contributed by atoms with E-state index in [9.17, 15) is 4.79 Å². The second-order valence-electron chi connectivity index (χ2n) is 6.56. The number of oxazole rings is 1. The van der Waals surface area contributed by atoms with E-state index < -0.39 is 0 Å². The Morgan fingerprint density at radius 3 is 2.55 bits per heavy atom. The van der Waals surface area contributed by atoms with Gasteiger partial charge >= 0.3 is 6.03 Å². The van der Waals surface area contributed by atoms with Crippen molar-refractivity contribution in [2.24, 2.45) is 0 Å². The SMILES string of the molecule is COc1ccc(CCNC(=O)Nc2cccc(-c3nc(C)c(C)o3)c2)cc1OC. The van der Waals surface area contributed by atoms with Crippen molar-refractivity contribution in [1.82, 2.24) is 10.3 Å². The van der Waals surface area contributed by atoms with Crippen LogP contribution in [0.4, 0.5) is 10.5 Å². The summed E-state index contributed by atoms with van der Waals surface area (Å²) in [7, 11) is 3.20. The molecule has 0 bridgehead atoms. The highest BCUT2D eigenvalue weighted by molar-refractivity contribution is 5.89. The zero-order chi connectivity index (χ0) is 20.8. The van der Waals surface area contributed by atoms with Crippen molar-refractivity contribution < 1.29 is 18.7 Å². The van der Waals surface area contributed by atoms with Crippen LogP contribution in [0.25, 0.3) is 11.5 Å². The molecule has 2 N–H and O–H groups in total. The van der Waals surface area contributed by atoms with Crippen LogP contribution < -0.4 is 20.1 Å². The zero-order valence-corrected chi connectivity index (χ0v) is 17.0. The third kappa shape index (κ3) is 5.07. The summed E-state index contributed by atoms with van der Waals surface area (Å²) in [4.78, 5) is 16.6. The number of urea groups is 1. The van der Waals surface area contributed by atoms with Crippen LogP contribution in [0.2, 0.25) is 0 Å². The van der Waals surface area contributed by atoms with E-state index in [4.69, 9.17) is 13.9 Å². The van der Waals surface area contributed by atoms with Crippen LogP contribution in [-0.2, 0) is 6.42 Å². The Balaban J connectivity index is 1.55. The van der Waals surface area contributed by atoms with Crippen LogP contribution in [0.15, 0.2) is 46.9 Å². The molecule has 152 valence electrons. The first-order valence-corrected chi connectivity index (χ1v) is 9.30. The van der Waals surface area contributed by atoms with Gasteiger partial charge in [-0.2, -0.15) is 0 Å². The number of aryl methyl sites for hydroxylation is 2. The van der Waals surface area contributed by atoms with E-state index in [2.05, 4.69) is 15.6 Å². The van der Waals surface area contributed by atoms with E-state index in [0.717, 1.165) is 22.6 Å². The van der Waals surface area contributed by atoms with E-state index in [0.29, 0.717) is 36.0 Å². The van der Waals surface area contributed by atoms with Crippen LogP contribution in [0.5, 0.6) is 11.5 Å². The normalized spacial score (nSPS) is 10.5. The van der Waals surface area contributed by atoms with Gasteiger partial charge in [0.1, 0.15) is 5.76 Å². The average molecular weight is 395 g/mol. The number of nitrogens with one attached hydrogen (secondary N) is 2. The van der Waals surface area contributed by atoms with Crippen molar-refractivity contribution in [2.75, 3.05) is 26.1 Å². The highest BCUT2D eigenvalue weighted by Crippen LogP contribution is 2.27. The van der Waals surface area contributed by atoms with Crippen LogP contribution in [0.1, 0.15) is 17.0 Å². The maximum atomic E-state index is 12.2. The number of methoxy groups -OCH3 is 2. The topological polar surface area (TPSA) is 85.6 Å². The first kappa shape index (κ1) is 20.3. The molecule has 0 radical (unpaired) electrons. The maximum absolute atomic E-state index is 12.2. The summed E-state index contributed by atoms with van der Waals surface area (Å²) in [5.74, 6) is 2.67. The monoisotopic (exact) mass is 395 g/mol. The fourth-order valence-corrected chi connectivity index (χ4v) is 2.86. The molecule has 0 saturated heterocycles. The number of ether oxygens (including phenoxy) is 2. The quantitative estimate of drug-likeness (QED) is 0.622. The number of hydrogen-bond donors (Lipinski definition) is 2. The number of aromatic nitrogens is 1. The van der Waals surface area contributed by atoms with E-state index in [1.54, 1.807) is 14.2 Å². The first-order valence-electron chi connectivity index (χ1n) is 9.30. The number of carbonyl (C=O) groups excluding carboxylic acids is 1. The number of amides is 2. The molecular formula is C22H25N3O4. The molecule has 1 heterocycles.